The van der Waals surface area contributed by atoms with Crippen molar-refractivity contribution in [3.63, 3.8) is 0 Å². The highest BCUT2D eigenvalue weighted by Gasteiger charge is 2.34. The predicted molar refractivity (Wildman–Crippen MR) is 136 cm³/mol. The van der Waals surface area contributed by atoms with Crippen molar-refractivity contribution in [3.05, 3.63) is 58.1 Å². The Labute approximate surface area is 216 Å². The second kappa shape index (κ2) is 10.2. The monoisotopic (exact) mass is 530 g/mol. The van der Waals surface area contributed by atoms with Crippen LogP contribution in [0.5, 0.6) is 0 Å². The minimum atomic E-state index is -4.65. The van der Waals surface area contributed by atoms with Gasteiger partial charge in [0.25, 0.3) is 0 Å². The van der Waals surface area contributed by atoms with Crippen LogP contribution in [0.25, 0.3) is 11.3 Å². The number of anilines is 1. The lowest BCUT2D eigenvalue weighted by Crippen LogP contribution is -2.26. The Morgan fingerprint density at radius 1 is 1.22 bits per heavy atom. The van der Waals surface area contributed by atoms with Crippen molar-refractivity contribution >= 4 is 34.0 Å². The number of hydrogen-bond donors (Lipinski definition) is 1. The Morgan fingerprint density at radius 2 is 1.94 bits per heavy atom. The minimum Gasteiger partial charge on any atom is -0.316 e. The summed E-state index contributed by atoms with van der Waals surface area (Å²) in [6.07, 6.45) is -2.00. The third-order valence-electron chi connectivity index (χ3n) is 6.25. The van der Waals surface area contributed by atoms with E-state index < -0.39 is 17.8 Å². The quantitative estimate of drug-likeness (QED) is 0.284. The fraction of sp³-hybridized carbons (Fsp3) is 0.385. The number of alkyl halides is 3. The van der Waals surface area contributed by atoms with Gasteiger partial charge < -0.3 is 5.32 Å². The Balaban J connectivity index is 1.50. The molecule has 0 saturated heterocycles. The number of thiophene rings is 1. The maximum absolute atomic E-state index is 13.4. The van der Waals surface area contributed by atoms with Gasteiger partial charge in [0.15, 0.2) is 5.16 Å². The molecule has 0 saturated carbocycles. The summed E-state index contributed by atoms with van der Waals surface area (Å²) >= 11 is 2.24. The van der Waals surface area contributed by atoms with Gasteiger partial charge >= 0.3 is 6.18 Å². The molecule has 2 aromatic heterocycles. The summed E-state index contributed by atoms with van der Waals surface area (Å²) in [5.74, 6) is -0.121. The number of nitrogens with one attached hydrogen (secondary N) is 1. The molecular weight excluding hydrogens is 505 g/mol. The zero-order valence-electron chi connectivity index (χ0n) is 20.1. The lowest BCUT2D eigenvalue weighted by molar-refractivity contribution is -0.141. The number of nitriles is 1. The van der Waals surface area contributed by atoms with E-state index in [4.69, 9.17) is 0 Å². The van der Waals surface area contributed by atoms with E-state index in [1.54, 1.807) is 30.3 Å². The number of thioether (sulfide) groups is 1. The highest BCUT2D eigenvalue weighted by atomic mass is 32.2. The van der Waals surface area contributed by atoms with E-state index in [1.807, 2.05) is 0 Å². The first-order valence-corrected chi connectivity index (χ1v) is 13.2. The van der Waals surface area contributed by atoms with Crippen LogP contribution in [0.4, 0.5) is 18.2 Å². The summed E-state index contributed by atoms with van der Waals surface area (Å²) in [5, 5.41) is 12.9. The van der Waals surface area contributed by atoms with Gasteiger partial charge in [0.2, 0.25) is 5.91 Å². The highest BCUT2D eigenvalue weighted by molar-refractivity contribution is 7.99. The number of rotatable bonds is 5. The van der Waals surface area contributed by atoms with Crippen LogP contribution >= 0.6 is 23.1 Å². The Kier molecular flexibility index (Phi) is 7.43. The molecule has 5 nitrogen and oxygen atoms in total. The van der Waals surface area contributed by atoms with E-state index in [9.17, 15) is 23.2 Å². The third-order valence-corrected chi connectivity index (χ3v) is 8.27. The molecule has 4 rings (SSSR count). The van der Waals surface area contributed by atoms with Gasteiger partial charge in [0.05, 0.1) is 17.0 Å². The van der Waals surface area contributed by atoms with Gasteiger partial charge in [-0.3, -0.25) is 4.79 Å². The summed E-state index contributed by atoms with van der Waals surface area (Å²) in [6, 6.07) is 11.6. The van der Waals surface area contributed by atoms with Crippen molar-refractivity contribution < 1.29 is 18.0 Å². The fourth-order valence-corrected chi connectivity index (χ4v) is 6.17. The van der Waals surface area contributed by atoms with Crippen molar-refractivity contribution in [2.75, 3.05) is 11.1 Å². The van der Waals surface area contributed by atoms with Crippen molar-refractivity contribution in [1.82, 2.24) is 9.97 Å². The number of carbonyl (C=O) groups is 1. The molecule has 1 N–H and O–H groups in total. The van der Waals surface area contributed by atoms with Crippen LogP contribution in [-0.4, -0.2) is 21.6 Å². The second-order valence-corrected chi connectivity index (χ2v) is 11.8. The smallest absolute Gasteiger partial charge is 0.316 e. The third kappa shape index (κ3) is 5.90. The topological polar surface area (TPSA) is 78.7 Å². The lowest BCUT2D eigenvalue weighted by Gasteiger charge is -2.33. The first-order chi connectivity index (χ1) is 17.0. The van der Waals surface area contributed by atoms with Crippen molar-refractivity contribution in [2.24, 2.45) is 11.3 Å². The zero-order valence-corrected chi connectivity index (χ0v) is 21.7. The number of hydrogen-bond acceptors (Lipinski definition) is 6. The van der Waals surface area contributed by atoms with Crippen molar-refractivity contribution in [1.29, 1.82) is 5.26 Å². The summed E-state index contributed by atoms with van der Waals surface area (Å²) in [4.78, 5) is 21.7. The molecular formula is C26H25F3N4OS2. The maximum Gasteiger partial charge on any atom is 0.433 e. The molecule has 1 aromatic carbocycles. The van der Waals surface area contributed by atoms with Gasteiger partial charge in [-0.2, -0.15) is 18.4 Å². The largest absolute Gasteiger partial charge is 0.433 e. The lowest BCUT2D eigenvalue weighted by atomic mass is 9.72. The average Bonchev–Trinajstić information content (AvgIpc) is 3.18. The molecule has 1 aliphatic carbocycles. The molecule has 0 radical (unpaired) electrons. The van der Waals surface area contributed by atoms with E-state index in [0.29, 0.717) is 22.0 Å². The first-order valence-electron chi connectivity index (χ1n) is 11.4. The van der Waals surface area contributed by atoms with E-state index in [1.165, 1.54) is 11.3 Å². The average molecular weight is 531 g/mol. The highest BCUT2D eigenvalue weighted by Crippen LogP contribution is 2.44. The Hall–Kier alpha value is -2.90. The van der Waals surface area contributed by atoms with Crippen LogP contribution in [0.2, 0.25) is 0 Å². The van der Waals surface area contributed by atoms with Crippen LogP contribution in [0.1, 0.15) is 48.9 Å². The molecule has 36 heavy (non-hydrogen) atoms. The van der Waals surface area contributed by atoms with Gasteiger partial charge in [-0.15, -0.1) is 11.3 Å². The maximum atomic E-state index is 13.4. The number of benzene rings is 1. The Morgan fingerprint density at radius 3 is 2.58 bits per heavy atom. The molecule has 1 amide bonds. The zero-order chi connectivity index (χ0) is 26.1. The molecule has 0 fully saturated rings. The number of halogens is 3. The summed E-state index contributed by atoms with van der Waals surface area (Å²) in [7, 11) is 0. The molecule has 1 atom stereocenters. The van der Waals surface area contributed by atoms with Gasteiger partial charge in [-0.1, -0.05) is 62.9 Å². The number of carbonyl (C=O) groups excluding carboxylic acids is 1. The van der Waals surface area contributed by atoms with E-state index in [2.05, 4.69) is 42.1 Å². The van der Waals surface area contributed by atoms with Crippen LogP contribution in [0, 0.1) is 22.7 Å². The number of amides is 1. The standard InChI is InChI=1S/C26H25F3N4OS2/c1-25(2,3)16-9-10-17-18(13-30)23(36-20(17)11-16)33-22(34)14-35-24-31-19(15-7-5-4-6-8-15)12-21(32-24)26(27,28)29/h4-8,12,16H,9-11,14H2,1-3H3,(H,33,34)/t16-/m0/s1. The SMILES string of the molecule is CC(C)(C)[C@H]1CCc2c(sc(NC(=O)CSc3nc(-c4ccccc4)cc(C(F)(F)F)n3)c2C#N)C1. The van der Waals surface area contributed by atoms with Crippen LogP contribution in [0.15, 0.2) is 41.6 Å². The molecule has 0 unspecified atom stereocenters. The predicted octanol–water partition coefficient (Wildman–Crippen LogP) is 6.98. The number of nitrogens with zero attached hydrogens (tertiary/aromatic N) is 3. The normalized spacial score (nSPS) is 15.8. The van der Waals surface area contributed by atoms with Gasteiger partial charge in [0, 0.05) is 10.4 Å². The number of fused-ring (bicyclic) bond motifs is 1. The molecule has 10 heteroatoms. The molecule has 0 aliphatic heterocycles. The summed E-state index contributed by atoms with van der Waals surface area (Å²) in [5.41, 5.74) is 1.23. The molecule has 1 aliphatic rings. The van der Waals surface area contributed by atoms with Crippen molar-refractivity contribution in [2.45, 2.75) is 51.4 Å². The van der Waals surface area contributed by atoms with Gasteiger partial charge in [-0.25, -0.2) is 9.97 Å². The second-order valence-electron chi connectivity index (χ2n) is 9.75. The molecule has 3 aromatic rings. The molecule has 188 valence electrons. The summed E-state index contributed by atoms with van der Waals surface area (Å²) in [6.45, 7) is 6.63. The molecule has 2 heterocycles. The molecule has 0 bridgehead atoms. The summed E-state index contributed by atoms with van der Waals surface area (Å²) < 4.78 is 40.3. The minimum absolute atomic E-state index is 0.131. The van der Waals surface area contributed by atoms with Gasteiger partial charge in [0.1, 0.15) is 16.8 Å². The fourth-order valence-electron chi connectivity index (χ4n) is 4.22. The van der Waals surface area contributed by atoms with Crippen LogP contribution in [0.3, 0.4) is 0 Å². The Bertz CT molecular complexity index is 1310. The van der Waals surface area contributed by atoms with E-state index in [-0.39, 0.29) is 22.0 Å². The van der Waals surface area contributed by atoms with E-state index >= 15 is 0 Å². The van der Waals surface area contributed by atoms with Crippen LogP contribution in [-0.2, 0) is 23.8 Å². The van der Waals surface area contributed by atoms with Crippen LogP contribution < -0.4 is 5.32 Å². The van der Waals surface area contributed by atoms with Crippen molar-refractivity contribution in [3.8, 4) is 17.3 Å². The number of aromatic nitrogens is 2. The van der Waals surface area contributed by atoms with Gasteiger partial charge in [-0.05, 0) is 42.2 Å². The van der Waals surface area contributed by atoms with E-state index in [0.717, 1.165) is 47.5 Å². The molecule has 0 spiro atoms. The first kappa shape index (κ1) is 26.2.